The van der Waals surface area contributed by atoms with E-state index in [1.54, 1.807) is 6.92 Å². The Balaban J connectivity index is 1.63. The van der Waals surface area contributed by atoms with Gasteiger partial charge in [-0.2, -0.15) is 5.10 Å². The first kappa shape index (κ1) is 18.4. The van der Waals surface area contributed by atoms with E-state index in [1.807, 2.05) is 29.5 Å². The molecular weight excluding hydrogens is 330 g/mol. The first-order chi connectivity index (χ1) is 12.5. The molecule has 0 spiro atoms. The highest BCUT2D eigenvalue weighted by molar-refractivity contribution is 5.96. The van der Waals surface area contributed by atoms with Crippen LogP contribution in [-0.2, 0) is 13.1 Å². The van der Waals surface area contributed by atoms with E-state index in [1.165, 1.54) is 5.56 Å². The molecule has 2 aromatic rings. The summed E-state index contributed by atoms with van der Waals surface area (Å²) in [7, 11) is 0. The molecule has 3 rings (SSSR count). The van der Waals surface area contributed by atoms with E-state index in [2.05, 4.69) is 27.9 Å². The highest BCUT2D eigenvalue weighted by Crippen LogP contribution is 2.17. The minimum atomic E-state index is 0.0260. The normalized spacial score (nSPS) is 15.9. The molecule has 0 radical (unpaired) electrons. The second-order valence-corrected chi connectivity index (χ2v) is 6.87. The van der Waals surface area contributed by atoms with Gasteiger partial charge in [-0.05, 0) is 27.2 Å². The smallest absolute Gasteiger partial charge is 0.259 e. The second kappa shape index (κ2) is 7.86. The molecule has 0 saturated carbocycles. The molecule has 2 aromatic heterocycles. The van der Waals surface area contributed by atoms with Crippen LogP contribution in [0.2, 0.25) is 0 Å². The number of rotatable bonds is 5. The Bertz CT molecular complexity index is 772. The Kier molecular flexibility index (Phi) is 5.56. The van der Waals surface area contributed by atoms with Crippen LogP contribution in [0.25, 0.3) is 0 Å². The van der Waals surface area contributed by atoms with Gasteiger partial charge in [0, 0.05) is 44.5 Å². The van der Waals surface area contributed by atoms with Crippen LogP contribution in [0, 0.1) is 20.8 Å². The van der Waals surface area contributed by atoms with E-state index >= 15 is 0 Å². The van der Waals surface area contributed by atoms with Gasteiger partial charge in [-0.1, -0.05) is 11.2 Å². The average molecular weight is 357 g/mol. The lowest BCUT2D eigenvalue weighted by atomic mass is 10.1. The van der Waals surface area contributed by atoms with Crippen molar-refractivity contribution in [2.45, 2.75) is 40.3 Å². The van der Waals surface area contributed by atoms with E-state index in [4.69, 9.17) is 4.52 Å². The predicted molar refractivity (Wildman–Crippen MR) is 98.9 cm³/mol. The predicted octanol–water partition coefficient (Wildman–Crippen LogP) is 2.33. The molecule has 0 bridgehead atoms. The summed E-state index contributed by atoms with van der Waals surface area (Å²) in [5, 5.41) is 8.43. The van der Waals surface area contributed by atoms with Crippen molar-refractivity contribution in [3.8, 4) is 0 Å². The third-order valence-electron chi connectivity index (χ3n) is 4.88. The molecule has 3 heterocycles. The first-order valence-electron chi connectivity index (χ1n) is 9.08. The molecular formula is C19H27N5O2. The van der Waals surface area contributed by atoms with Gasteiger partial charge >= 0.3 is 0 Å². The molecule has 1 aliphatic heterocycles. The van der Waals surface area contributed by atoms with Crippen LogP contribution in [0.1, 0.15) is 39.5 Å². The zero-order valence-electron chi connectivity index (χ0n) is 15.9. The maximum atomic E-state index is 12.8. The number of amides is 1. The van der Waals surface area contributed by atoms with Crippen molar-refractivity contribution < 1.29 is 9.32 Å². The van der Waals surface area contributed by atoms with E-state index in [0.717, 1.165) is 44.8 Å². The van der Waals surface area contributed by atoms with Gasteiger partial charge in [0.25, 0.3) is 5.91 Å². The Labute approximate surface area is 154 Å². The minimum Gasteiger partial charge on any atom is -0.361 e. The van der Waals surface area contributed by atoms with Gasteiger partial charge in [-0.3, -0.25) is 14.4 Å². The quantitative estimate of drug-likeness (QED) is 0.769. The zero-order chi connectivity index (χ0) is 18.7. The second-order valence-electron chi connectivity index (χ2n) is 6.87. The van der Waals surface area contributed by atoms with Gasteiger partial charge in [-0.15, -0.1) is 6.58 Å². The van der Waals surface area contributed by atoms with Gasteiger partial charge in [0.15, 0.2) is 0 Å². The number of carbonyl (C=O) groups excluding carboxylic acids is 1. The number of hydrogen-bond donors (Lipinski definition) is 0. The van der Waals surface area contributed by atoms with E-state index in [-0.39, 0.29) is 5.91 Å². The van der Waals surface area contributed by atoms with Crippen molar-refractivity contribution in [3.05, 3.63) is 47.1 Å². The summed E-state index contributed by atoms with van der Waals surface area (Å²) in [6, 6.07) is 0. The summed E-state index contributed by atoms with van der Waals surface area (Å²) >= 11 is 0. The lowest BCUT2D eigenvalue weighted by molar-refractivity contribution is 0.0758. The van der Waals surface area contributed by atoms with Crippen LogP contribution < -0.4 is 0 Å². The molecule has 0 aromatic carbocycles. The van der Waals surface area contributed by atoms with Gasteiger partial charge in [-0.25, -0.2) is 0 Å². The minimum absolute atomic E-state index is 0.0260. The fraction of sp³-hybridized carbons (Fsp3) is 0.526. The summed E-state index contributed by atoms with van der Waals surface area (Å²) < 4.78 is 7.07. The number of carbonyl (C=O) groups is 1. The Morgan fingerprint density at radius 1 is 1.23 bits per heavy atom. The standard InChI is InChI=1S/C19H27N5O2/c1-5-7-24-13-17(14(2)20-24)12-22-8-6-9-23(11-10-22)19(25)18-15(3)21-26-16(18)4/h5,13H,1,6-12H2,2-4H3. The van der Waals surface area contributed by atoms with Crippen LogP contribution in [0.4, 0.5) is 0 Å². The molecule has 1 aliphatic rings. The van der Waals surface area contributed by atoms with Gasteiger partial charge in [0.05, 0.1) is 17.9 Å². The largest absolute Gasteiger partial charge is 0.361 e. The molecule has 1 amide bonds. The highest BCUT2D eigenvalue weighted by atomic mass is 16.5. The van der Waals surface area contributed by atoms with Crippen molar-refractivity contribution in [2.75, 3.05) is 26.2 Å². The maximum absolute atomic E-state index is 12.8. The molecule has 1 fully saturated rings. The molecule has 0 unspecified atom stereocenters. The highest BCUT2D eigenvalue weighted by Gasteiger charge is 2.25. The summed E-state index contributed by atoms with van der Waals surface area (Å²) in [4.78, 5) is 17.1. The molecule has 7 nitrogen and oxygen atoms in total. The van der Waals surface area contributed by atoms with Crippen molar-refractivity contribution >= 4 is 5.91 Å². The zero-order valence-corrected chi connectivity index (χ0v) is 15.9. The number of allylic oxidation sites excluding steroid dienone is 1. The van der Waals surface area contributed by atoms with Crippen LogP contribution in [-0.4, -0.2) is 56.8 Å². The number of aryl methyl sites for hydroxylation is 3. The summed E-state index contributed by atoms with van der Waals surface area (Å²) in [6.45, 7) is 14.3. The topological polar surface area (TPSA) is 67.4 Å². The van der Waals surface area contributed by atoms with E-state index in [9.17, 15) is 4.79 Å². The molecule has 140 valence electrons. The van der Waals surface area contributed by atoms with Crippen molar-refractivity contribution in [2.24, 2.45) is 0 Å². The van der Waals surface area contributed by atoms with Gasteiger partial charge < -0.3 is 9.42 Å². The van der Waals surface area contributed by atoms with Crippen molar-refractivity contribution in [1.82, 2.24) is 24.7 Å². The van der Waals surface area contributed by atoms with Gasteiger partial charge in [0.1, 0.15) is 11.3 Å². The third-order valence-corrected chi connectivity index (χ3v) is 4.88. The molecule has 0 atom stereocenters. The Hall–Kier alpha value is -2.41. The van der Waals surface area contributed by atoms with Gasteiger partial charge in [0.2, 0.25) is 0 Å². The maximum Gasteiger partial charge on any atom is 0.259 e. The fourth-order valence-corrected chi connectivity index (χ4v) is 3.46. The molecule has 7 heteroatoms. The summed E-state index contributed by atoms with van der Waals surface area (Å²) in [5.74, 6) is 0.622. The van der Waals surface area contributed by atoms with E-state index in [0.29, 0.717) is 23.6 Å². The number of aromatic nitrogens is 3. The summed E-state index contributed by atoms with van der Waals surface area (Å²) in [6.07, 6.45) is 4.89. The molecule has 0 aliphatic carbocycles. The SMILES string of the molecule is C=CCn1cc(CN2CCCN(C(=O)c3c(C)noc3C)CC2)c(C)n1. The monoisotopic (exact) mass is 357 g/mol. The lowest BCUT2D eigenvalue weighted by Gasteiger charge is -2.21. The van der Waals surface area contributed by atoms with Crippen LogP contribution >= 0.6 is 0 Å². The van der Waals surface area contributed by atoms with Crippen LogP contribution in [0.15, 0.2) is 23.4 Å². The first-order valence-corrected chi connectivity index (χ1v) is 9.08. The van der Waals surface area contributed by atoms with E-state index < -0.39 is 0 Å². The Morgan fingerprint density at radius 3 is 2.73 bits per heavy atom. The lowest BCUT2D eigenvalue weighted by Crippen LogP contribution is -2.35. The van der Waals surface area contributed by atoms with Crippen LogP contribution in [0.5, 0.6) is 0 Å². The van der Waals surface area contributed by atoms with Crippen molar-refractivity contribution in [1.29, 1.82) is 0 Å². The number of hydrogen-bond acceptors (Lipinski definition) is 5. The fourth-order valence-electron chi connectivity index (χ4n) is 3.46. The molecule has 26 heavy (non-hydrogen) atoms. The summed E-state index contributed by atoms with van der Waals surface area (Å²) in [5.41, 5.74) is 3.57. The van der Waals surface area contributed by atoms with Crippen molar-refractivity contribution in [3.63, 3.8) is 0 Å². The molecule has 1 saturated heterocycles. The third kappa shape index (κ3) is 3.88. The molecule has 0 N–H and O–H groups in total. The average Bonchev–Trinajstić information content (AvgIpc) is 3.01. The number of nitrogens with zero attached hydrogens (tertiary/aromatic N) is 5. The van der Waals surface area contributed by atoms with Crippen LogP contribution in [0.3, 0.4) is 0 Å². The Morgan fingerprint density at radius 2 is 2.04 bits per heavy atom.